The van der Waals surface area contributed by atoms with Crippen LogP contribution in [-0.4, -0.2) is 24.4 Å². The van der Waals surface area contributed by atoms with Crippen LogP contribution in [0.25, 0.3) is 33.7 Å². The molecule has 5 rings (SSSR count). The van der Waals surface area contributed by atoms with E-state index in [1.54, 1.807) is 35.3 Å². The van der Waals surface area contributed by atoms with Gasteiger partial charge in [0.2, 0.25) is 5.28 Å². The predicted molar refractivity (Wildman–Crippen MR) is 120 cm³/mol. The minimum Gasteiger partial charge on any atom is -0.399 e. The fourth-order valence-corrected chi connectivity index (χ4v) is 4.02. The highest BCUT2D eigenvalue weighted by molar-refractivity contribution is 6.28. The van der Waals surface area contributed by atoms with Gasteiger partial charge in [-0.3, -0.25) is 0 Å². The Bertz CT molecular complexity index is 1480. The Kier molecular flexibility index (Phi) is 4.86. The van der Waals surface area contributed by atoms with Crippen molar-refractivity contribution in [3.05, 3.63) is 83.4 Å². The summed E-state index contributed by atoms with van der Waals surface area (Å²) in [5.41, 5.74) is 9.82. The van der Waals surface area contributed by atoms with E-state index in [4.69, 9.17) is 17.3 Å². The van der Waals surface area contributed by atoms with Crippen molar-refractivity contribution in [1.29, 1.82) is 0 Å². The molecule has 166 valence electrons. The number of benzene rings is 2. The quantitative estimate of drug-likeness (QED) is 0.339. The van der Waals surface area contributed by atoms with Crippen LogP contribution in [-0.2, 0) is 6.18 Å². The van der Waals surface area contributed by atoms with Crippen LogP contribution < -0.4 is 5.73 Å². The highest BCUT2D eigenvalue weighted by atomic mass is 35.5. The van der Waals surface area contributed by atoms with Crippen LogP contribution in [0.2, 0.25) is 5.28 Å². The molecular formula is C23H16ClF3N6. The standard InChI is InChI=1S/C23H16ClF3N6/c1-13-18(19-9-10-29-33(19)17-7-5-16(28)6-8-17)12-32-21(30-22(24)31-32)20(13)14-3-2-4-15(11-14)23(25,26)27/h2-12H,28H2,1H3. The summed E-state index contributed by atoms with van der Waals surface area (Å²) >= 11 is 6.07. The van der Waals surface area contributed by atoms with Gasteiger partial charge in [-0.25, -0.2) is 9.20 Å². The molecule has 6 nitrogen and oxygen atoms in total. The van der Waals surface area contributed by atoms with E-state index in [0.717, 1.165) is 23.5 Å². The zero-order valence-electron chi connectivity index (χ0n) is 17.2. The number of nitrogen functional groups attached to an aromatic ring is 1. The number of halogens is 4. The van der Waals surface area contributed by atoms with Gasteiger partial charge in [-0.1, -0.05) is 12.1 Å². The fourth-order valence-electron chi connectivity index (χ4n) is 3.86. The lowest BCUT2D eigenvalue weighted by molar-refractivity contribution is -0.137. The van der Waals surface area contributed by atoms with Crippen LogP contribution in [0, 0.1) is 6.92 Å². The second kappa shape index (κ2) is 7.63. The van der Waals surface area contributed by atoms with Gasteiger partial charge in [-0.05, 0) is 72.1 Å². The van der Waals surface area contributed by atoms with E-state index in [9.17, 15) is 13.2 Å². The van der Waals surface area contributed by atoms with Crippen LogP contribution >= 0.6 is 11.6 Å². The maximum absolute atomic E-state index is 13.4. The highest BCUT2D eigenvalue weighted by Crippen LogP contribution is 2.38. The molecule has 3 aromatic heterocycles. The van der Waals surface area contributed by atoms with Crippen molar-refractivity contribution in [2.24, 2.45) is 0 Å². The fraction of sp³-hybridized carbons (Fsp3) is 0.0870. The van der Waals surface area contributed by atoms with Crippen molar-refractivity contribution in [3.8, 4) is 28.1 Å². The van der Waals surface area contributed by atoms with E-state index in [2.05, 4.69) is 15.2 Å². The number of hydrogen-bond donors (Lipinski definition) is 1. The van der Waals surface area contributed by atoms with Crippen molar-refractivity contribution < 1.29 is 13.2 Å². The largest absolute Gasteiger partial charge is 0.416 e. The average molecular weight is 469 g/mol. The molecule has 0 unspecified atom stereocenters. The third kappa shape index (κ3) is 3.70. The molecule has 2 N–H and O–H groups in total. The molecule has 3 heterocycles. The van der Waals surface area contributed by atoms with Gasteiger partial charge in [0, 0.05) is 23.0 Å². The Balaban J connectivity index is 1.77. The third-order valence-electron chi connectivity index (χ3n) is 5.39. The molecular weight excluding hydrogens is 453 g/mol. The van der Waals surface area contributed by atoms with E-state index in [1.165, 1.54) is 10.6 Å². The lowest BCUT2D eigenvalue weighted by atomic mass is 9.95. The van der Waals surface area contributed by atoms with Crippen molar-refractivity contribution in [2.45, 2.75) is 13.1 Å². The smallest absolute Gasteiger partial charge is 0.399 e. The zero-order chi connectivity index (χ0) is 23.3. The normalized spacial score (nSPS) is 11.9. The minimum atomic E-state index is -4.48. The van der Waals surface area contributed by atoms with Gasteiger partial charge < -0.3 is 5.73 Å². The maximum Gasteiger partial charge on any atom is 0.416 e. The molecule has 0 aliphatic rings. The molecule has 33 heavy (non-hydrogen) atoms. The highest BCUT2D eigenvalue weighted by Gasteiger charge is 2.31. The lowest BCUT2D eigenvalue weighted by Gasteiger charge is -2.16. The summed E-state index contributed by atoms with van der Waals surface area (Å²) in [7, 11) is 0. The van der Waals surface area contributed by atoms with Crippen LogP contribution in [0.1, 0.15) is 11.1 Å². The maximum atomic E-state index is 13.4. The van der Waals surface area contributed by atoms with Gasteiger partial charge in [0.25, 0.3) is 0 Å². The van der Waals surface area contributed by atoms with Gasteiger partial charge in [0.1, 0.15) is 0 Å². The molecule has 0 fully saturated rings. The summed E-state index contributed by atoms with van der Waals surface area (Å²) in [6, 6.07) is 14.1. The minimum absolute atomic E-state index is 0.00758. The number of pyridine rings is 1. The number of hydrogen-bond acceptors (Lipinski definition) is 4. The molecule has 0 saturated carbocycles. The summed E-state index contributed by atoms with van der Waals surface area (Å²) in [6.07, 6.45) is -1.09. The van der Waals surface area contributed by atoms with E-state index in [1.807, 2.05) is 25.1 Å². The molecule has 0 spiro atoms. The second-order valence-corrected chi connectivity index (χ2v) is 7.83. The molecule has 2 aromatic carbocycles. The number of aromatic nitrogens is 5. The zero-order valence-corrected chi connectivity index (χ0v) is 17.9. The summed E-state index contributed by atoms with van der Waals surface area (Å²) in [6.45, 7) is 1.83. The molecule has 0 aliphatic heterocycles. The topological polar surface area (TPSA) is 74.0 Å². The number of fused-ring (bicyclic) bond motifs is 1. The lowest BCUT2D eigenvalue weighted by Crippen LogP contribution is -2.06. The van der Waals surface area contributed by atoms with E-state index >= 15 is 0 Å². The summed E-state index contributed by atoms with van der Waals surface area (Å²) in [5.74, 6) is 0. The molecule has 0 amide bonds. The molecule has 5 aromatic rings. The third-order valence-corrected chi connectivity index (χ3v) is 5.55. The first-order valence-electron chi connectivity index (χ1n) is 9.86. The number of anilines is 1. The van der Waals surface area contributed by atoms with E-state index in [0.29, 0.717) is 33.6 Å². The summed E-state index contributed by atoms with van der Waals surface area (Å²) in [5, 5.41) is 8.61. The van der Waals surface area contributed by atoms with Gasteiger partial charge >= 0.3 is 6.18 Å². The number of rotatable bonds is 3. The molecule has 0 saturated heterocycles. The molecule has 0 atom stereocenters. The monoisotopic (exact) mass is 468 g/mol. The van der Waals surface area contributed by atoms with Crippen LogP contribution in [0.4, 0.5) is 18.9 Å². The van der Waals surface area contributed by atoms with Gasteiger partial charge in [0.05, 0.1) is 23.1 Å². The first kappa shape index (κ1) is 21.0. The average Bonchev–Trinajstić information content (AvgIpc) is 3.39. The Labute approximate surface area is 191 Å². The molecule has 0 bridgehead atoms. The van der Waals surface area contributed by atoms with Gasteiger partial charge in [-0.15, -0.1) is 5.10 Å². The Morgan fingerprint density at radius 2 is 1.79 bits per heavy atom. The van der Waals surface area contributed by atoms with Crippen molar-refractivity contribution >= 4 is 22.9 Å². The van der Waals surface area contributed by atoms with Crippen LogP contribution in [0.3, 0.4) is 0 Å². The predicted octanol–water partition coefficient (Wildman–Crippen LogP) is 5.81. The number of alkyl halides is 3. The Morgan fingerprint density at radius 3 is 2.52 bits per heavy atom. The van der Waals surface area contributed by atoms with Crippen molar-refractivity contribution in [3.63, 3.8) is 0 Å². The first-order chi connectivity index (χ1) is 15.7. The van der Waals surface area contributed by atoms with Crippen LogP contribution in [0.15, 0.2) is 67.0 Å². The first-order valence-corrected chi connectivity index (χ1v) is 10.2. The van der Waals surface area contributed by atoms with E-state index in [-0.39, 0.29) is 5.28 Å². The number of nitrogens with zero attached hydrogens (tertiary/aromatic N) is 5. The van der Waals surface area contributed by atoms with Gasteiger partial charge in [-0.2, -0.15) is 23.3 Å². The van der Waals surface area contributed by atoms with Crippen molar-refractivity contribution in [2.75, 3.05) is 5.73 Å². The van der Waals surface area contributed by atoms with Crippen molar-refractivity contribution in [1.82, 2.24) is 24.4 Å². The SMILES string of the molecule is Cc1c(-c2ccnn2-c2ccc(N)cc2)cn2nc(Cl)nc2c1-c1cccc(C(F)(F)F)c1. The summed E-state index contributed by atoms with van der Waals surface area (Å²) < 4.78 is 43.4. The molecule has 10 heteroatoms. The Morgan fingerprint density at radius 1 is 1.03 bits per heavy atom. The summed E-state index contributed by atoms with van der Waals surface area (Å²) in [4.78, 5) is 4.25. The Hall–Kier alpha value is -3.85. The van der Waals surface area contributed by atoms with Crippen LogP contribution in [0.5, 0.6) is 0 Å². The van der Waals surface area contributed by atoms with Gasteiger partial charge in [0.15, 0.2) is 5.65 Å². The molecule has 0 radical (unpaired) electrons. The number of nitrogens with two attached hydrogens (primary N) is 1. The van der Waals surface area contributed by atoms with E-state index < -0.39 is 11.7 Å². The molecule has 0 aliphatic carbocycles. The second-order valence-electron chi connectivity index (χ2n) is 7.49.